The van der Waals surface area contributed by atoms with E-state index in [4.69, 9.17) is 4.74 Å². The predicted molar refractivity (Wildman–Crippen MR) is 131 cm³/mol. The first-order valence-corrected chi connectivity index (χ1v) is 12.4. The zero-order valence-electron chi connectivity index (χ0n) is 20.1. The van der Waals surface area contributed by atoms with Crippen molar-refractivity contribution in [2.24, 2.45) is 17.3 Å². The number of nitrogens with one attached hydrogen (secondary N) is 2. The first kappa shape index (κ1) is 23.4. The van der Waals surface area contributed by atoms with Gasteiger partial charge in [0.25, 0.3) is 0 Å². The first-order chi connectivity index (χ1) is 16.8. The van der Waals surface area contributed by atoms with Gasteiger partial charge in [-0.15, -0.1) is 0 Å². The van der Waals surface area contributed by atoms with Gasteiger partial charge in [0.2, 0.25) is 5.91 Å². The fourth-order valence-corrected chi connectivity index (χ4v) is 6.00. The Bertz CT molecular complexity index is 1120. The van der Waals surface area contributed by atoms with Crippen LogP contribution >= 0.6 is 0 Å². The maximum atomic E-state index is 12.7. The minimum absolute atomic E-state index is 0.0238. The van der Waals surface area contributed by atoms with Crippen molar-refractivity contribution < 1.29 is 24.2 Å². The van der Waals surface area contributed by atoms with E-state index < -0.39 is 17.5 Å². The third-order valence-corrected chi connectivity index (χ3v) is 8.06. The molecule has 0 heterocycles. The molecule has 3 aliphatic rings. The number of alkyl carbamates (subject to hydrolysis) is 1. The Kier molecular flexibility index (Phi) is 6.03. The van der Waals surface area contributed by atoms with E-state index >= 15 is 0 Å². The summed E-state index contributed by atoms with van der Waals surface area (Å²) in [6.45, 7) is 4.12. The van der Waals surface area contributed by atoms with E-state index in [0.29, 0.717) is 19.3 Å². The van der Waals surface area contributed by atoms with Crippen molar-refractivity contribution in [2.45, 2.75) is 57.5 Å². The lowest BCUT2D eigenvalue weighted by atomic mass is 9.98. The van der Waals surface area contributed by atoms with Crippen LogP contribution in [0.15, 0.2) is 48.5 Å². The molecule has 35 heavy (non-hydrogen) atoms. The summed E-state index contributed by atoms with van der Waals surface area (Å²) in [5, 5.41) is 15.3. The van der Waals surface area contributed by atoms with E-state index in [9.17, 15) is 19.5 Å². The summed E-state index contributed by atoms with van der Waals surface area (Å²) in [6.07, 6.45) is 1.51. The average Bonchev–Trinajstić information content (AvgIpc) is 3.26. The van der Waals surface area contributed by atoms with Gasteiger partial charge >= 0.3 is 12.1 Å². The number of carbonyl (C=O) groups excluding carboxylic acids is 2. The molecule has 2 saturated carbocycles. The molecule has 7 heteroatoms. The van der Waals surface area contributed by atoms with Crippen LogP contribution in [0.25, 0.3) is 11.1 Å². The molecular formula is C28H32N2O5. The van der Waals surface area contributed by atoms with Gasteiger partial charge in [0.1, 0.15) is 6.61 Å². The zero-order chi connectivity index (χ0) is 24.7. The normalized spacial score (nSPS) is 24.8. The van der Waals surface area contributed by atoms with Crippen LogP contribution in [-0.4, -0.2) is 41.8 Å². The highest BCUT2D eigenvalue weighted by molar-refractivity contribution is 5.81. The summed E-state index contributed by atoms with van der Waals surface area (Å²) in [7, 11) is 0. The number of benzene rings is 2. The smallest absolute Gasteiger partial charge is 0.407 e. The molecule has 0 bridgehead atoms. The van der Waals surface area contributed by atoms with Crippen molar-refractivity contribution in [2.75, 3.05) is 6.61 Å². The van der Waals surface area contributed by atoms with E-state index in [2.05, 4.69) is 34.9 Å². The molecule has 4 atom stereocenters. The highest BCUT2D eigenvalue weighted by atomic mass is 16.5. The summed E-state index contributed by atoms with van der Waals surface area (Å²) in [6, 6.07) is 15.9. The summed E-state index contributed by atoms with van der Waals surface area (Å²) in [5.41, 5.74) is 4.01. The molecule has 2 aromatic carbocycles. The van der Waals surface area contributed by atoms with Crippen LogP contribution in [0.3, 0.4) is 0 Å². The van der Waals surface area contributed by atoms with E-state index in [1.165, 1.54) is 11.1 Å². The fraction of sp³-hybridized carbons (Fsp3) is 0.464. The Labute approximate surface area is 205 Å². The van der Waals surface area contributed by atoms with Crippen molar-refractivity contribution in [3.8, 4) is 11.1 Å². The third-order valence-electron chi connectivity index (χ3n) is 8.06. The monoisotopic (exact) mass is 476 g/mol. The Balaban J connectivity index is 1.15. The number of rotatable bonds is 8. The SMILES string of the molecule is CC(C)C(CC(=O)NC1CC2CC2(C(=O)O)C1)NC(=O)OCC1c2ccccc2-c2ccccc21. The number of aliphatic carboxylic acids is 1. The Morgan fingerprint density at radius 1 is 1.03 bits per heavy atom. The van der Waals surface area contributed by atoms with Gasteiger partial charge in [0.15, 0.2) is 0 Å². The second-order valence-electron chi connectivity index (χ2n) is 10.6. The lowest BCUT2D eigenvalue weighted by Crippen LogP contribution is -2.44. The van der Waals surface area contributed by atoms with Crippen LogP contribution in [0.1, 0.15) is 56.6 Å². The number of ether oxygens (including phenoxy) is 1. The van der Waals surface area contributed by atoms with Gasteiger partial charge in [-0.25, -0.2) is 4.79 Å². The Hall–Kier alpha value is -3.35. The first-order valence-electron chi connectivity index (χ1n) is 12.4. The number of hydrogen-bond donors (Lipinski definition) is 3. The van der Waals surface area contributed by atoms with Gasteiger partial charge in [-0.2, -0.15) is 0 Å². The standard InChI is InChI=1S/C28H32N2O5/c1-16(2)24(12-25(31)29-18-11-17-13-28(17,14-18)26(32)33)30-27(34)35-15-23-21-9-5-3-7-19(21)20-8-4-6-10-22(20)23/h3-10,16-18,23-24H,11-15H2,1-2H3,(H,29,31)(H,30,34)(H,32,33). The second-order valence-corrected chi connectivity index (χ2v) is 10.6. The molecule has 0 aromatic heterocycles. The Morgan fingerprint density at radius 2 is 1.66 bits per heavy atom. The van der Waals surface area contributed by atoms with E-state index in [0.717, 1.165) is 11.1 Å². The van der Waals surface area contributed by atoms with Crippen LogP contribution in [0.5, 0.6) is 0 Å². The second kappa shape index (κ2) is 9.02. The van der Waals surface area contributed by atoms with Crippen molar-refractivity contribution in [1.82, 2.24) is 10.6 Å². The van der Waals surface area contributed by atoms with Crippen molar-refractivity contribution in [1.29, 1.82) is 0 Å². The summed E-state index contributed by atoms with van der Waals surface area (Å²) >= 11 is 0. The minimum atomic E-state index is -0.753. The van der Waals surface area contributed by atoms with Crippen LogP contribution < -0.4 is 10.6 Å². The maximum Gasteiger partial charge on any atom is 0.407 e. The molecule has 2 amide bonds. The molecule has 7 nitrogen and oxygen atoms in total. The molecule has 0 saturated heterocycles. The number of carboxylic acid groups (broad SMARTS) is 1. The van der Waals surface area contributed by atoms with Gasteiger partial charge in [-0.1, -0.05) is 62.4 Å². The molecule has 0 spiro atoms. The molecule has 3 aliphatic carbocycles. The quantitative estimate of drug-likeness (QED) is 0.527. The van der Waals surface area contributed by atoms with Crippen molar-refractivity contribution >= 4 is 18.0 Å². The molecule has 0 radical (unpaired) electrons. The molecule has 5 rings (SSSR count). The lowest BCUT2D eigenvalue weighted by molar-refractivity contribution is -0.143. The summed E-state index contributed by atoms with van der Waals surface area (Å²) in [5.74, 6) is -0.747. The Morgan fingerprint density at radius 3 is 2.23 bits per heavy atom. The molecule has 2 fully saturated rings. The highest BCUT2D eigenvalue weighted by Crippen LogP contribution is 2.63. The number of fused-ring (bicyclic) bond motifs is 4. The van der Waals surface area contributed by atoms with E-state index in [1.807, 2.05) is 38.1 Å². The van der Waals surface area contributed by atoms with Gasteiger partial charge in [0.05, 0.1) is 5.41 Å². The fourth-order valence-electron chi connectivity index (χ4n) is 6.00. The van der Waals surface area contributed by atoms with Crippen molar-refractivity contribution in [3.63, 3.8) is 0 Å². The van der Waals surface area contributed by atoms with Gasteiger partial charge in [-0.05, 0) is 53.4 Å². The number of carboxylic acids is 1. The van der Waals surface area contributed by atoms with Crippen LogP contribution in [-0.2, 0) is 14.3 Å². The van der Waals surface area contributed by atoms with Crippen LogP contribution in [0.4, 0.5) is 4.79 Å². The zero-order valence-corrected chi connectivity index (χ0v) is 20.1. The molecule has 4 unspecified atom stereocenters. The predicted octanol–water partition coefficient (Wildman–Crippen LogP) is 4.31. The molecule has 0 aliphatic heterocycles. The summed E-state index contributed by atoms with van der Waals surface area (Å²) in [4.78, 5) is 36.9. The molecule has 3 N–H and O–H groups in total. The topological polar surface area (TPSA) is 105 Å². The average molecular weight is 477 g/mol. The van der Waals surface area contributed by atoms with E-state index in [-0.39, 0.29) is 48.8 Å². The number of amides is 2. The lowest BCUT2D eigenvalue weighted by Gasteiger charge is -2.24. The minimum Gasteiger partial charge on any atom is -0.481 e. The number of hydrogen-bond acceptors (Lipinski definition) is 4. The molecule has 2 aromatic rings. The van der Waals surface area contributed by atoms with Gasteiger partial charge in [0, 0.05) is 24.4 Å². The van der Waals surface area contributed by atoms with Gasteiger partial charge in [-0.3, -0.25) is 9.59 Å². The molecular weight excluding hydrogens is 444 g/mol. The maximum absolute atomic E-state index is 12.7. The van der Waals surface area contributed by atoms with Crippen LogP contribution in [0.2, 0.25) is 0 Å². The molecule has 184 valence electrons. The third kappa shape index (κ3) is 4.40. The largest absolute Gasteiger partial charge is 0.481 e. The number of carbonyl (C=O) groups is 3. The van der Waals surface area contributed by atoms with Crippen molar-refractivity contribution in [3.05, 3.63) is 59.7 Å². The summed E-state index contributed by atoms with van der Waals surface area (Å²) < 4.78 is 5.65. The van der Waals surface area contributed by atoms with Gasteiger partial charge < -0.3 is 20.5 Å². The highest BCUT2D eigenvalue weighted by Gasteiger charge is 2.65. The van der Waals surface area contributed by atoms with E-state index in [1.54, 1.807) is 0 Å². The van der Waals surface area contributed by atoms with Crippen LogP contribution in [0, 0.1) is 17.3 Å².